The molecule has 0 aliphatic rings. The van der Waals surface area contributed by atoms with Gasteiger partial charge in [-0.3, -0.25) is 14.8 Å². The Balaban J connectivity index is 2.64. The van der Waals surface area contributed by atoms with Gasteiger partial charge in [0.05, 0.1) is 24.3 Å². The molecule has 0 saturated carbocycles. The van der Waals surface area contributed by atoms with Crippen molar-refractivity contribution < 1.29 is 18.0 Å². The van der Waals surface area contributed by atoms with Crippen LogP contribution in [-0.2, 0) is 17.5 Å². The zero-order valence-electron chi connectivity index (χ0n) is 12.5. The van der Waals surface area contributed by atoms with Crippen molar-refractivity contribution in [1.82, 2.24) is 9.97 Å². The number of carbonyl (C=O) groups excluding carboxylic acids is 1. The summed E-state index contributed by atoms with van der Waals surface area (Å²) < 4.78 is 40.3. The molecule has 0 aliphatic heterocycles. The van der Waals surface area contributed by atoms with Gasteiger partial charge in [-0.25, -0.2) is 4.98 Å². The Kier molecular flexibility index (Phi) is 5.12. The van der Waals surface area contributed by atoms with Crippen LogP contribution in [0.1, 0.15) is 11.1 Å². The summed E-state index contributed by atoms with van der Waals surface area (Å²) in [4.78, 5) is 22.5. The average molecular weight is 337 g/mol. The van der Waals surface area contributed by atoms with Gasteiger partial charge >= 0.3 is 6.18 Å². The highest BCUT2D eigenvalue weighted by atomic mass is 19.4. The fourth-order valence-corrected chi connectivity index (χ4v) is 2.08. The largest absolute Gasteiger partial charge is 0.416 e. The van der Waals surface area contributed by atoms with E-state index in [4.69, 9.17) is 5.73 Å². The van der Waals surface area contributed by atoms with E-state index in [9.17, 15) is 18.0 Å². The SMILES string of the molecule is C=NCc1c(C(F)(F)F)cc(-c2ccncc2)nc1NCC(N)=O. The number of rotatable bonds is 6. The van der Waals surface area contributed by atoms with Gasteiger partial charge in [0.2, 0.25) is 5.91 Å². The number of hydrogen-bond acceptors (Lipinski definition) is 5. The number of amides is 1. The summed E-state index contributed by atoms with van der Waals surface area (Å²) in [6, 6.07) is 4.00. The molecule has 2 aromatic rings. The minimum atomic E-state index is -4.62. The minimum Gasteiger partial charge on any atom is -0.368 e. The van der Waals surface area contributed by atoms with E-state index in [1.807, 2.05) is 0 Å². The standard InChI is InChI=1S/C15H14F3N5O/c1-20-7-10-11(15(16,17)18)6-12(9-2-4-21-5-3-9)23-14(10)22-8-13(19)24/h2-6H,1,7-8H2,(H2,19,24)(H,22,23). The second-order valence-electron chi connectivity index (χ2n) is 4.82. The summed E-state index contributed by atoms with van der Waals surface area (Å²) in [5.74, 6) is -0.833. The van der Waals surface area contributed by atoms with Crippen LogP contribution < -0.4 is 11.1 Å². The van der Waals surface area contributed by atoms with E-state index in [1.165, 1.54) is 24.5 Å². The van der Waals surface area contributed by atoms with Crippen molar-refractivity contribution in [3.8, 4) is 11.3 Å². The molecule has 0 unspecified atom stereocenters. The third-order valence-corrected chi connectivity index (χ3v) is 3.11. The Morgan fingerprint density at radius 1 is 1.33 bits per heavy atom. The van der Waals surface area contributed by atoms with Gasteiger partial charge < -0.3 is 11.1 Å². The number of pyridine rings is 2. The Labute approximate surface area is 135 Å². The number of halogens is 3. The summed E-state index contributed by atoms with van der Waals surface area (Å²) in [6.07, 6.45) is -1.73. The van der Waals surface area contributed by atoms with Crippen molar-refractivity contribution in [1.29, 1.82) is 0 Å². The van der Waals surface area contributed by atoms with Crippen LogP contribution >= 0.6 is 0 Å². The van der Waals surface area contributed by atoms with E-state index in [1.54, 1.807) is 0 Å². The second kappa shape index (κ2) is 7.07. The van der Waals surface area contributed by atoms with Gasteiger partial charge in [-0.05, 0) is 24.9 Å². The molecule has 0 fully saturated rings. The summed E-state index contributed by atoms with van der Waals surface area (Å²) in [6.45, 7) is 2.56. The van der Waals surface area contributed by atoms with Crippen LogP contribution in [-0.4, -0.2) is 29.1 Å². The van der Waals surface area contributed by atoms with E-state index in [2.05, 4.69) is 27.0 Å². The first kappa shape index (κ1) is 17.4. The van der Waals surface area contributed by atoms with Crippen LogP contribution in [0.2, 0.25) is 0 Å². The summed E-state index contributed by atoms with van der Waals surface area (Å²) in [5.41, 5.74) is 4.49. The maximum atomic E-state index is 13.4. The number of alkyl halides is 3. The number of aliphatic imine (C=N–C) groups is 1. The van der Waals surface area contributed by atoms with Gasteiger partial charge in [0.25, 0.3) is 0 Å². The molecule has 0 bridgehead atoms. The molecule has 2 aromatic heterocycles. The van der Waals surface area contributed by atoms with Crippen molar-refractivity contribution in [3.63, 3.8) is 0 Å². The lowest BCUT2D eigenvalue weighted by atomic mass is 10.0. The number of carbonyl (C=O) groups is 1. The van der Waals surface area contributed by atoms with Crippen LogP contribution in [0.3, 0.4) is 0 Å². The Morgan fingerprint density at radius 2 is 2.00 bits per heavy atom. The number of nitrogens with one attached hydrogen (secondary N) is 1. The Hall–Kier alpha value is -2.97. The Bertz CT molecular complexity index is 747. The number of anilines is 1. The highest BCUT2D eigenvalue weighted by Gasteiger charge is 2.35. The van der Waals surface area contributed by atoms with E-state index in [-0.39, 0.29) is 30.2 Å². The zero-order valence-corrected chi connectivity index (χ0v) is 12.5. The molecule has 9 heteroatoms. The average Bonchev–Trinajstić information content (AvgIpc) is 2.53. The molecule has 1 amide bonds. The number of nitrogens with zero attached hydrogens (tertiary/aromatic N) is 3. The van der Waals surface area contributed by atoms with Crippen molar-refractivity contribution >= 4 is 18.4 Å². The minimum absolute atomic E-state index is 0.0875. The van der Waals surface area contributed by atoms with Crippen molar-refractivity contribution in [3.05, 3.63) is 41.7 Å². The van der Waals surface area contributed by atoms with Crippen LogP contribution in [0.25, 0.3) is 11.3 Å². The summed E-state index contributed by atoms with van der Waals surface area (Å²) in [7, 11) is 0. The molecule has 6 nitrogen and oxygen atoms in total. The third kappa shape index (κ3) is 4.06. The molecule has 24 heavy (non-hydrogen) atoms. The van der Waals surface area contributed by atoms with Gasteiger partial charge in [0.1, 0.15) is 5.82 Å². The van der Waals surface area contributed by atoms with Crippen molar-refractivity contribution in [2.75, 3.05) is 11.9 Å². The monoisotopic (exact) mass is 337 g/mol. The van der Waals surface area contributed by atoms with E-state index < -0.39 is 17.6 Å². The van der Waals surface area contributed by atoms with E-state index in [0.717, 1.165) is 6.07 Å². The van der Waals surface area contributed by atoms with E-state index in [0.29, 0.717) is 5.56 Å². The lowest BCUT2D eigenvalue weighted by molar-refractivity contribution is -0.138. The molecule has 2 heterocycles. The topological polar surface area (TPSA) is 93.3 Å². The predicted molar refractivity (Wildman–Crippen MR) is 83.4 cm³/mol. The zero-order chi connectivity index (χ0) is 17.7. The van der Waals surface area contributed by atoms with Gasteiger partial charge in [-0.15, -0.1) is 0 Å². The number of primary amides is 1. The normalized spacial score (nSPS) is 11.1. The highest BCUT2D eigenvalue weighted by Crippen LogP contribution is 2.37. The fourth-order valence-electron chi connectivity index (χ4n) is 2.08. The van der Waals surface area contributed by atoms with Crippen LogP contribution in [0.4, 0.5) is 19.0 Å². The fraction of sp³-hybridized carbons (Fsp3) is 0.200. The van der Waals surface area contributed by atoms with Crippen LogP contribution in [0, 0.1) is 0 Å². The first-order valence-corrected chi connectivity index (χ1v) is 6.79. The number of aromatic nitrogens is 2. The van der Waals surface area contributed by atoms with Gasteiger partial charge in [0.15, 0.2) is 0 Å². The summed E-state index contributed by atoms with van der Waals surface area (Å²) in [5, 5.41) is 2.53. The van der Waals surface area contributed by atoms with Gasteiger partial charge in [0, 0.05) is 23.5 Å². The lowest BCUT2D eigenvalue weighted by Crippen LogP contribution is -2.24. The van der Waals surface area contributed by atoms with Crippen molar-refractivity contribution in [2.45, 2.75) is 12.7 Å². The smallest absolute Gasteiger partial charge is 0.368 e. The molecular weight excluding hydrogens is 323 g/mol. The van der Waals surface area contributed by atoms with Crippen LogP contribution in [0.15, 0.2) is 35.6 Å². The second-order valence-corrected chi connectivity index (χ2v) is 4.82. The first-order chi connectivity index (χ1) is 11.3. The predicted octanol–water partition coefficient (Wildman–Crippen LogP) is 2.26. The van der Waals surface area contributed by atoms with Gasteiger partial charge in [-0.2, -0.15) is 13.2 Å². The first-order valence-electron chi connectivity index (χ1n) is 6.79. The molecule has 0 spiro atoms. The molecule has 126 valence electrons. The third-order valence-electron chi connectivity index (χ3n) is 3.11. The maximum absolute atomic E-state index is 13.4. The molecular formula is C15H14F3N5O. The Morgan fingerprint density at radius 3 is 2.54 bits per heavy atom. The summed E-state index contributed by atoms with van der Waals surface area (Å²) >= 11 is 0. The van der Waals surface area contributed by atoms with Crippen LogP contribution in [0.5, 0.6) is 0 Å². The quantitative estimate of drug-likeness (QED) is 0.791. The number of hydrogen-bond donors (Lipinski definition) is 2. The highest BCUT2D eigenvalue weighted by molar-refractivity contribution is 5.79. The van der Waals surface area contributed by atoms with E-state index >= 15 is 0 Å². The molecule has 0 radical (unpaired) electrons. The van der Waals surface area contributed by atoms with Gasteiger partial charge in [-0.1, -0.05) is 0 Å². The van der Waals surface area contributed by atoms with Crippen molar-refractivity contribution in [2.24, 2.45) is 10.7 Å². The molecule has 0 atom stereocenters. The molecule has 0 aromatic carbocycles. The molecule has 0 saturated heterocycles. The molecule has 3 N–H and O–H groups in total. The molecule has 0 aliphatic carbocycles. The lowest BCUT2D eigenvalue weighted by Gasteiger charge is -2.17. The molecule has 2 rings (SSSR count). The maximum Gasteiger partial charge on any atom is 0.416 e. The number of nitrogens with two attached hydrogens (primary N) is 1.